The van der Waals surface area contributed by atoms with Gasteiger partial charge in [-0.15, -0.1) is 0 Å². The Kier molecular flexibility index (Phi) is 4.51. The van der Waals surface area contributed by atoms with Gasteiger partial charge in [0.2, 0.25) is 17.8 Å². The van der Waals surface area contributed by atoms with Crippen molar-refractivity contribution in [1.82, 2.24) is 15.0 Å². The molecule has 0 aromatic carbocycles. The lowest BCUT2D eigenvalue weighted by Gasteiger charge is -2.12. The van der Waals surface area contributed by atoms with Crippen LogP contribution in [0.2, 0.25) is 0 Å². The molecule has 0 radical (unpaired) electrons. The minimum atomic E-state index is -4.14. The average Bonchev–Trinajstić information content (AvgIpc) is 2.22. The van der Waals surface area contributed by atoms with Crippen LogP contribution in [-0.4, -0.2) is 41.8 Å². The fraction of sp³-hybridized carbons (Fsp3) is 0.667. The van der Waals surface area contributed by atoms with Crippen molar-refractivity contribution < 1.29 is 13.2 Å². The van der Waals surface area contributed by atoms with Gasteiger partial charge in [-0.3, -0.25) is 0 Å². The molecule has 1 rings (SSSR count). The highest BCUT2D eigenvalue weighted by Gasteiger charge is 2.25. The highest BCUT2D eigenvalue weighted by Crippen LogP contribution is 2.21. The maximum atomic E-state index is 11.9. The quantitative estimate of drug-likeness (QED) is 0.780. The zero-order valence-corrected chi connectivity index (χ0v) is 10.1. The predicted molar refractivity (Wildman–Crippen MR) is 62.3 cm³/mol. The smallest absolute Gasteiger partial charge is 0.368 e. The van der Waals surface area contributed by atoms with Crippen LogP contribution in [-0.2, 0) is 0 Å². The number of alkyl halides is 3. The van der Waals surface area contributed by atoms with Gasteiger partial charge in [0.25, 0.3) is 0 Å². The van der Waals surface area contributed by atoms with Gasteiger partial charge in [-0.2, -0.15) is 28.1 Å². The van der Waals surface area contributed by atoms with E-state index in [4.69, 9.17) is 5.73 Å². The third-order valence-corrected chi connectivity index (χ3v) is 1.96. The summed E-state index contributed by atoms with van der Waals surface area (Å²) in [5.74, 6) is 0.543. The summed E-state index contributed by atoms with van der Waals surface area (Å²) in [5.41, 5.74) is 5.46. The van der Waals surface area contributed by atoms with Gasteiger partial charge < -0.3 is 16.0 Å². The Morgan fingerprint density at radius 2 is 1.89 bits per heavy atom. The molecule has 18 heavy (non-hydrogen) atoms. The molecule has 0 fully saturated rings. The summed E-state index contributed by atoms with van der Waals surface area (Å²) in [7, 11) is 3.45. The molecule has 0 atom stereocenters. The van der Waals surface area contributed by atoms with Gasteiger partial charge in [-0.1, -0.05) is 0 Å². The van der Waals surface area contributed by atoms with E-state index in [1.54, 1.807) is 19.0 Å². The molecule has 0 amide bonds. The van der Waals surface area contributed by atoms with Crippen molar-refractivity contribution in [2.75, 3.05) is 36.6 Å². The van der Waals surface area contributed by atoms with Crippen molar-refractivity contribution >= 4 is 17.8 Å². The number of nitrogens with one attached hydrogen (secondary N) is 1. The molecule has 1 heterocycles. The summed E-state index contributed by atoms with van der Waals surface area (Å²) in [5, 5.41) is 2.68. The van der Waals surface area contributed by atoms with Crippen molar-refractivity contribution in [3.8, 4) is 0 Å². The minimum Gasteiger partial charge on any atom is -0.368 e. The van der Waals surface area contributed by atoms with E-state index in [-0.39, 0.29) is 24.9 Å². The number of nitrogens with two attached hydrogens (primary N) is 1. The number of rotatable bonds is 5. The first-order chi connectivity index (χ1) is 8.28. The zero-order valence-electron chi connectivity index (χ0n) is 10.1. The third kappa shape index (κ3) is 5.02. The molecule has 0 spiro atoms. The van der Waals surface area contributed by atoms with Gasteiger partial charge in [0.05, 0.1) is 0 Å². The minimum absolute atomic E-state index is 0.0204. The van der Waals surface area contributed by atoms with E-state index < -0.39 is 12.6 Å². The first-order valence-corrected chi connectivity index (χ1v) is 5.27. The molecule has 0 aliphatic carbocycles. The molecule has 1 aromatic heterocycles. The highest BCUT2D eigenvalue weighted by molar-refractivity contribution is 5.40. The molecule has 6 nitrogen and oxygen atoms in total. The molecular weight excluding hydrogens is 249 g/mol. The second-order valence-corrected chi connectivity index (χ2v) is 3.86. The van der Waals surface area contributed by atoms with E-state index in [9.17, 15) is 13.2 Å². The predicted octanol–water partition coefficient (Wildman–Crippen LogP) is 1.27. The van der Waals surface area contributed by atoms with Crippen LogP contribution in [0.1, 0.15) is 12.8 Å². The van der Waals surface area contributed by atoms with Gasteiger partial charge in [0, 0.05) is 27.1 Å². The molecule has 0 saturated carbocycles. The first-order valence-electron chi connectivity index (χ1n) is 5.27. The number of halogens is 3. The normalized spacial score (nSPS) is 11.4. The maximum Gasteiger partial charge on any atom is 0.389 e. The van der Waals surface area contributed by atoms with Crippen LogP contribution < -0.4 is 16.0 Å². The van der Waals surface area contributed by atoms with Crippen molar-refractivity contribution in [1.29, 1.82) is 0 Å². The lowest BCUT2D eigenvalue weighted by Crippen LogP contribution is -2.17. The van der Waals surface area contributed by atoms with Gasteiger partial charge in [-0.05, 0) is 6.42 Å². The van der Waals surface area contributed by atoms with Gasteiger partial charge >= 0.3 is 6.18 Å². The molecule has 3 N–H and O–H groups in total. The third-order valence-electron chi connectivity index (χ3n) is 1.96. The molecular formula is C9H15F3N6. The Morgan fingerprint density at radius 3 is 2.44 bits per heavy atom. The number of anilines is 3. The average molecular weight is 264 g/mol. The zero-order chi connectivity index (χ0) is 13.8. The van der Waals surface area contributed by atoms with Gasteiger partial charge in [0.1, 0.15) is 0 Å². The summed E-state index contributed by atoms with van der Waals surface area (Å²) in [6.45, 7) is 0.121. The van der Waals surface area contributed by atoms with Crippen LogP contribution in [0.25, 0.3) is 0 Å². The van der Waals surface area contributed by atoms with Crippen molar-refractivity contribution in [3.63, 3.8) is 0 Å². The standard InChI is InChI=1S/C9H15F3N6/c1-18(2)8-16-6(13)15-7(17-8)14-5-3-4-9(10,11)12/h3-5H2,1-2H3,(H3,13,14,15,16,17). The molecule has 102 valence electrons. The molecule has 0 aliphatic heterocycles. The molecule has 0 aliphatic rings. The monoisotopic (exact) mass is 264 g/mol. The summed E-state index contributed by atoms with van der Waals surface area (Å²) in [6.07, 6.45) is -5.04. The van der Waals surface area contributed by atoms with Crippen molar-refractivity contribution in [2.45, 2.75) is 19.0 Å². The van der Waals surface area contributed by atoms with Crippen LogP contribution in [0.3, 0.4) is 0 Å². The van der Waals surface area contributed by atoms with Crippen LogP contribution in [0, 0.1) is 0 Å². The highest BCUT2D eigenvalue weighted by atomic mass is 19.4. The van der Waals surface area contributed by atoms with Gasteiger partial charge in [0.15, 0.2) is 0 Å². The van der Waals surface area contributed by atoms with Crippen LogP contribution in [0.5, 0.6) is 0 Å². The van der Waals surface area contributed by atoms with E-state index in [1.807, 2.05) is 0 Å². The molecule has 0 saturated heterocycles. The van der Waals surface area contributed by atoms with E-state index in [1.165, 1.54) is 0 Å². The van der Waals surface area contributed by atoms with E-state index in [2.05, 4.69) is 20.3 Å². The number of nitrogens with zero attached hydrogens (tertiary/aromatic N) is 4. The Labute approximate surface area is 102 Å². The molecule has 1 aromatic rings. The molecule has 9 heteroatoms. The Balaban J connectivity index is 2.52. The summed E-state index contributed by atoms with van der Waals surface area (Å²) in [6, 6.07) is 0. The van der Waals surface area contributed by atoms with Crippen LogP contribution in [0.15, 0.2) is 0 Å². The Bertz CT molecular complexity index is 392. The van der Waals surface area contributed by atoms with Crippen molar-refractivity contribution in [3.05, 3.63) is 0 Å². The van der Waals surface area contributed by atoms with Crippen molar-refractivity contribution in [2.24, 2.45) is 0 Å². The maximum absolute atomic E-state index is 11.9. The summed E-state index contributed by atoms with van der Waals surface area (Å²) in [4.78, 5) is 13.3. The lowest BCUT2D eigenvalue weighted by atomic mass is 10.3. The summed E-state index contributed by atoms with van der Waals surface area (Å²) >= 11 is 0. The lowest BCUT2D eigenvalue weighted by molar-refractivity contribution is -0.134. The van der Waals surface area contributed by atoms with Crippen LogP contribution >= 0.6 is 0 Å². The fourth-order valence-electron chi connectivity index (χ4n) is 1.15. The fourth-order valence-corrected chi connectivity index (χ4v) is 1.15. The number of nitrogen functional groups attached to an aromatic ring is 1. The second kappa shape index (κ2) is 5.69. The Morgan fingerprint density at radius 1 is 1.22 bits per heavy atom. The molecule has 0 bridgehead atoms. The van der Waals surface area contributed by atoms with Gasteiger partial charge in [-0.25, -0.2) is 0 Å². The van der Waals surface area contributed by atoms with Crippen LogP contribution in [0.4, 0.5) is 31.0 Å². The van der Waals surface area contributed by atoms with E-state index in [0.717, 1.165) is 0 Å². The number of aromatic nitrogens is 3. The SMILES string of the molecule is CN(C)c1nc(N)nc(NCCCC(F)(F)F)n1. The summed E-state index contributed by atoms with van der Waals surface area (Å²) < 4.78 is 35.8. The number of hydrogen-bond donors (Lipinski definition) is 2. The Hall–Kier alpha value is -1.80. The first kappa shape index (κ1) is 14.3. The second-order valence-electron chi connectivity index (χ2n) is 3.86. The topological polar surface area (TPSA) is 80.0 Å². The molecule has 0 unspecified atom stereocenters. The van der Waals surface area contributed by atoms with E-state index >= 15 is 0 Å². The van der Waals surface area contributed by atoms with E-state index in [0.29, 0.717) is 5.95 Å². The number of hydrogen-bond acceptors (Lipinski definition) is 6. The largest absolute Gasteiger partial charge is 0.389 e.